The van der Waals surface area contributed by atoms with Crippen LogP contribution in [0.1, 0.15) is 47.3 Å². The number of nitrogens with zero attached hydrogens (tertiary/aromatic N) is 1. The molecule has 0 radical (unpaired) electrons. The lowest BCUT2D eigenvalue weighted by atomic mass is 9.84. The summed E-state index contributed by atoms with van der Waals surface area (Å²) in [6, 6.07) is 18.5. The minimum atomic E-state index is -3.41. The number of carboxylic acid groups (broad SMARTS) is 1. The van der Waals surface area contributed by atoms with Gasteiger partial charge in [-0.2, -0.15) is 0 Å². The SMILES string of the molecule is Cc1cc(CCC2CN(C(=O)Oc3ccccc3)C[C@@H]2C(=O)c2ccc(S(C)(=O)=O)cc2)cc(C)c1OC(C)(C)C(=O)O. The number of likely N-dealkylation sites (tertiary alicyclic amines) is 1. The molecular weight excluding hydrogens is 570 g/mol. The number of hydrogen-bond acceptors (Lipinski definition) is 7. The molecule has 9 nitrogen and oxygen atoms in total. The minimum Gasteiger partial charge on any atom is -0.478 e. The lowest BCUT2D eigenvalue weighted by Gasteiger charge is -2.25. The second-order valence-corrected chi connectivity index (χ2v) is 13.6. The Balaban J connectivity index is 1.54. The third-order valence-electron chi connectivity index (χ3n) is 7.75. The number of amides is 1. The van der Waals surface area contributed by atoms with Gasteiger partial charge in [0.25, 0.3) is 0 Å². The van der Waals surface area contributed by atoms with Crippen molar-refractivity contribution in [2.24, 2.45) is 11.8 Å². The number of sulfone groups is 1. The second-order valence-electron chi connectivity index (χ2n) is 11.6. The molecular formula is C33H37NO8S. The maximum absolute atomic E-state index is 13.7. The van der Waals surface area contributed by atoms with Crippen molar-refractivity contribution in [2.45, 2.75) is 51.0 Å². The normalized spacial score (nSPS) is 17.0. The number of carbonyl (C=O) groups is 3. The van der Waals surface area contributed by atoms with Crippen LogP contribution < -0.4 is 9.47 Å². The third-order valence-corrected chi connectivity index (χ3v) is 8.88. The Morgan fingerprint density at radius 1 is 0.953 bits per heavy atom. The first-order chi connectivity index (χ1) is 20.2. The zero-order valence-corrected chi connectivity index (χ0v) is 25.8. The van der Waals surface area contributed by atoms with Crippen LogP contribution in [0.2, 0.25) is 0 Å². The first-order valence-electron chi connectivity index (χ1n) is 14.0. The maximum atomic E-state index is 13.7. The molecule has 43 heavy (non-hydrogen) atoms. The number of ether oxygens (including phenoxy) is 2. The highest BCUT2D eigenvalue weighted by Crippen LogP contribution is 2.34. The van der Waals surface area contributed by atoms with Gasteiger partial charge in [-0.1, -0.05) is 42.5 Å². The van der Waals surface area contributed by atoms with E-state index in [-0.39, 0.29) is 23.1 Å². The van der Waals surface area contributed by atoms with Gasteiger partial charge in [-0.15, -0.1) is 0 Å². The molecule has 1 amide bonds. The summed E-state index contributed by atoms with van der Waals surface area (Å²) in [6.07, 6.45) is 1.80. The Hall–Kier alpha value is -4.18. The number of rotatable bonds is 10. The van der Waals surface area contributed by atoms with Crippen LogP contribution in [0.3, 0.4) is 0 Å². The molecule has 3 aromatic rings. The van der Waals surface area contributed by atoms with Gasteiger partial charge in [0.1, 0.15) is 11.5 Å². The van der Waals surface area contributed by atoms with Gasteiger partial charge in [0.05, 0.1) is 4.90 Å². The highest BCUT2D eigenvalue weighted by molar-refractivity contribution is 7.90. The highest BCUT2D eigenvalue weighted by Gasteiger charge is 2.40. The van der Waals surface area contributed by atoms with Gasteiger partial charge < -0.3 is 19.5 Å². The maximum Gasteiger partial charge on any atom is 0.415 e. The van der Waals surface area contributed by atoms with E-state index >= 15 is 0 Å². The Morgan fingerprint density at radius 3 is 2.12 bits per heavy atom. The van der Waals surface area contributed by atoms with E-state index in [0.29, 0.717) is 36.4 Å². The fraction of sp³-hybridized carbons (Fsp3) is 0.364. The molecule has 0 spiro atoms. The van der Waals surface area contributed by atoms with Gasteiger partial charge in [0, 0.05) is 30.8 Å². The Labute approximate surface area is 252 Å². The van der Waals surface area contributed by atoms with Crippen molar-refractivity contribution in [1.82, 2.24) is 4.90 Å². The van der Waals surface area contributed by atoms with E-state index in [0.717, 1.165) is 22.9 Å². The van der Waals surface area contributed by atoms with Crippen LogP contribution >= 0.6 is 0 Å². The number of aliphatic carboxylic acids is 1. The molecule has 1 aliphatic rings. The first-order valence-corrected chi connectivity index (χ1v) is 15.9. The van der Waals surface area contributed by atoms with Crippen LogP contribution in [0.4, 0.5) is 4.79 Å². The topological polar surface area (TPSA) is 127 Å². The standard InChI is InChI=1S/C33H37NO8S/c1-21-17-23(18-22(2)30(21)42-33(3,4)31(36)37)11-12-25-19-34(32(38)41-26-9-7-6-8-10-26)20-28(25)29(35)24-13-15-27(16-14-24)43(5,39)40/h6-10,13-18,25,28H,11-12,19-20H2,1-5H3,(H,36,37)/t25?,28-/m0/s1. The summed E-state index contributed by atoms with van der Waals surface area (Å²) in [6.45, 7) is 7.25. The molecule has 2 atom stereocenters. The molecule has 0 saturated carbocycles. The molecule has 228 valence electrons. The van der Waals surface area contributed by atoms with Crippen molar-refractivity contribution in [3.63, 3.8) is 0 Å². The molecule has 1 saturated heterocycles. The van der Waals surface area contributed by atoms with Crippen LogP contribution in [0.5, 0.6) is 11.5 Å². The van der Waals surface area contributed by atoms with E-state index in [9.17, 15) is 27.9 Å². The molecule has 10 heteroatoms. The van der Waals surface area contributed by atoms with Gasteiger partial charge in [0.2, 0.25) is 0 Å². The zero-order valence-electron chi connectivity index (χ0n) is 25.0. The summed E-state index contributed by atoms with van der Waals surface area (Å²) < 4.78 is 35.2. The van der Waals surface area contributed by atoms with Gasteiger partial charge in [-0.25, -0.2) is 18.0 Å². The molecule has 1 fully saturated rings. The van der Waals surface area contributed by atoms with Crippen molar-refractivity contribution in [3.05, 3.63) is 89.0 Å². The number of para-hydroxylation sites is 1. The van der Waals surface area contributed by atoms with E-state index in [1.54, 1.807) is 29.2 Å². The van der Waals surface area contributed by atoms with Crippen molar-refractivity contribution < 1.29 is 37.4 Å². The van der Waals surface area contributed by atoms with E-state index in [2.05, 4.69) is 0 Å². The van der Waals surface area contributed by atoms with E-state index in [1.807, 2.05) is 32.0 Å². The molecule has 1 heterocycles. The van der Waals surface area contributed by atoms with E-state index in [4.69, 9.17) is 9.47 Å². The van der Waals surface area contributed by atoms with Crippen LogP contribution in [0, 0.1) is 25.7 Å². The van der Waals surface area contributed by atoms with E-state index < -0.39 is 33.4 Å². The van der Waals surface area contributed by atoms with Crippen LogP contribution in [0.15, 0.2) is 71.6 Å². The molecule has 4 rings (SSSR count). The molecule has 1 unspecified atom stereocenters. The van der Waals surface area contributed by atoms with Crippen LogP contribution in [-0.4, -0.2) is 61.2 Å². The van der Waals surface area contributed by atoms with Crippen molar-refractivity contribution >= 4 is 27.7 Å². The van der Waals surface area contributed by atoms with Gasteiger partial charge in [-0.05, 0) is 87.4 Å². The van der Waals surface area contributed by atoms with Crippen LogP contribution in [0.25, 0.3) is 0 Å². The number of ketones is 1. The Kier molecular flexibility index (Phi) is 9.29. The largest absolute Gasteiger partial charge is 0.478 e. The summed E-state index contributed by atoms with van der Waals surface area (Å²) in [4.78, 5) is 40.0. The molecule has 1 aliphatic heterocycles. The van der Waals surface area contributed by atoms with Gasteiger partial charge >= 0.3 is 12.1 Å². The first kappa shape index (κ1) is 31.7. The molecule has 3 aromatic carbocycles. The summed E-state index contributed by atoms with van der Waals surface area (Å²) in [5, 5.41) is 9.47. The summed E-state index contributed by atoms with van der Waals surface area (Å²) in [7, 11) is -3.41. The fourth-order valence-corrected chi connectivity index (χ4v) is 5.97. The smallest absolute Gasteiger partial charge is 0.415 e. The molecule has 0 bridgehead atoms. The lowest BCUT2D eigenvalue weighted by molar-refractivity contribution is -0.152. The molecule has 0 aromatic heterocycles. The number of hydrogen-bond donors (Lipinski definition) is 1. The van der Waals surface area contributed by atoms with Crippen molar-refractivity contribution in [1.29, 1.82) is 0 Å². The number of aryl methyl sites for hydroxylation is 3. The number of carbonyl (C=O) groups excluding carboxylic acids is 2. The summed E-state index contributed by atoms with van der Waals surface area (Å²) >= 11 is 0. The lowest BCUT2D eigenvalue weighted by Crippen LogP contribution is -2.38. The van der Waals surface area contributed by atoms with Crippen molar-refractivity contribution in [3.8, 4) is 11.5 Å². The van der Waals surface area contributed by atoms with Gasteiger partial charge in [-0.3, -0.25) is 4.79 Å². The highest BCUT2D eigenvalue weighted by atomic mass is 32.2. The number of benzene rings is 3. The van der Waals surface area contributed by atoms with Crippen molar-refractivity contribution in [2.75, 3.05) is 19.3 Å². The predicted molar refractivity (Wildman–Crippen MR) is 161 cm³/mol. The zero-order chi connectivity index (χ0) is 31.5. The molecule has 1 N–H and O–H groups in total. The monoisotopic (exact) mass is 607 g/mol. The van der Waals surface area contributed by atoms with Gasteiger partial charge in [0.15, 0.2) is 21.2 Å². The summed E-state index contributed by atoms with van der Waals surface area (Å²) in [5.41, 5.74) is 1.62. The average molecular weight is 608 g/mol. The molecule has 0 aliphatic carbocycles. The fourth-order valence-electron chi connectivity index (χ4n) is 5.34. The summed E-state index contributed by atoms with van der Waals surface area (Å²) in [5.74, 6) is -0.964. The number of Topliss-reactive ketones (excluding diaryl/α,β-unsaturated/α-hetero) is 1. The average Bonchev–Trinajstić information content (AvgIpc) is 3.38. The van der Waals surface area contributed by atoms with Crippen LogP contribution in [-0.2, 0) is 21.1 Å². The Morgan fingerprint density at radius 2 is 1.56 bits per heavy atom. The quantitative estimate of drug-likeness (QED) is 0.299. The third kappa shape index (κ3) is 7.62. The minimum absolute atomic E-state index is 0.130. The van der Waals surface area contributed by atoms with E-state index in [1.165, 1.54) is 38.1 Å². The second kappa shape index (κ2) is 12.6. The predicted octanol–water partition coefficient (Wildman–Crippen LogP) is 5.51. The number of carboxylic acids is 1. The Bertz CT molecular complexity index is 1590.